The molecule has 0 saturated carbocycles. The molecule has 0 aliphatic carbocycles. The molecule has 7 nitrogen and oxygen atoms in total. The first-order chi connectivity index (χ1) is 10.1. The highest BCUT2D eigenvalue weighted by molar-refractivity contribution is 7.18. The molecule has 0 radical (unpaired) electrons. The second-order valence-corrected chi connectivity index (χ2v) is 6.24. The molecule has 1 amide bonds. The van der Waals surface area contributed by atoms with Crippen LogP contribution in [0.3, 0.4) is 0 Å². The summed E-state index contributed by atoms with van der Waals surface area (Å²) in [5.74, 6) is -0.322. The van der Waals surface area contributed by atoms with Gasteiger partial charge in [-0.1, -0.05) is 11.6 Å². The van der Waals surface area contributed by atoms with Crippen LogP contribution < -0.4 is 5.32 Å². The van der Waals surface area contributed by atoms with Crippen LogP contribution in [0.2, 0.25) is 4.34 Å². The standard InChI is InChI=1S/C12H16ClN3O4S/c13-11-9(16(18)19)8-10(21-11)12(17)14-2-1-3-15-4-6-20-7-5-15/h8H,1-7H2,(H,14,17). The Morgan fingerprint density at radius 1 is 1.52 bits per heavy atom. The normalized spacial score (nSPS) is 15.9. The zero-order valence-corrected chi connectivity index (χ0v) is 12.9. The van der Waals surface area contributed by atoms with E-state index in [1.54, 1.807) is 0 Å². The van der Waals surface area contributed by atoms with Crippen LogP contribution in [0.1, 0.15) is 16.1 Å². The van der Waals surface area contributed by atoms with E-state index >= 15 is 0 Å². The molecular weight excluding hydrogens is 318 g/mol. The molecule has 21 heavy (non-hydrogen) atoms. The van der Waals surface area contributed by atoms with Crippen LogP contribution in [0.5, 0.6) is 0 Å². The number of thiophene rings is 1. The molecule has 2 rings (SSSR count). The van der Waals surface area contributed by atoms with Crippen molar-refractivity contribution in [3.63, 3.8) is 0 Å². The van der Waals surface area contributed by atoms with Crippen LogP contribution in [-0.4, -0.2) is 55.1 Å². The third kappa shape index (κ3) is 4.63. The number of halogens is 1. The van der Waals surface area contributed by atoms with Gasteiger partial charge in [-0.2, -0.15) is 0 Å². The highest BCUT2D eigenvalue weighted by Gasteiger charge is 2.20. The van der Waals surface area contributed by atoms with Gasteiger partial charge in [0.05, 0.1) is 18.1 Å². The zero-order chi connectivity index (χ0) is 15.2. The van der Waals surface area contributed by atoms with Crippen LogP contribution in [0, 0.1) is 10.1 Å². The van der Waals surface area contributed by atoms with Gasteiger partial charge in [-0.15, -0.1) is 11.3 Å². The molecule has 1 saturated heterocycles. The Balaban J connectivity index is 1.74. The summed E-state index contributed by atoms with van der Waals surface area (Å²) in [5, 5.41) is 13.4. The number of carbonyl (C=O) groups is 1. The molecule has 0 atom stereocenters. The molecule has 1 fully saturated rings. The number of carbonyl (C=O) groups excluding carboxylic acids is 1. The summed E-state index contributed by atoms with van der Waals surface area (Å²) in [6, 6.07) is 1.21. The number of ether oxygens (including phenoxy) is 1. The monoisotopic (exact) mass is 333 g/mol. The van der Waals surface area contributed by atoms with Gasteiger partial charge in [0, 0.05) is 25.7 Å². The summed E-state index contributed by atoms with van der Waals surface area (Å²) in [6.45, 7) is 4.77. The number of rotatable bonds is 6. The van der Waals surface area contributed by atoms with Gasteiger partial charge in [-0.05, 0) is 13.0 Å². The van der Waals surface area contributed by atoms with Gasteiger partial charge in [0.25, 0.3) is 11.6 Å². The molecule has 0 aromatic carbocycles. The maximum Gasteiger partial charge on any atom is 0.299 e. The van der Waals surface area contributed by atoms with Crippen LogP contribution in [-0.2, 0) is 4.74 Å². The van der Waals surface area contributed by atoms with Crippen LogP contribution in [0.25, 0.3) is 0 Å². The molecule has 2 heterocycles. The molecule has 1 aromatic rings. The summed E-state index contributed by atoms with van der Waals surface area (Å²) >= 11 is 6.65. The largest absolute Gasteiger partial charge is 0.379 e. The number of hydrogen-bond acceptors (Lipinski definition) is 6. The molecule has 1 aromatic heterocycles. The van der Waals surface area contributed by atoms with E-state index in [1.165, 1.54) is 6.07 Å². The van der Waals surface area contributed by atoms with Gasteiger partial charge in [0.1, 0.15) is 4.88 Å². The third-order valence-electron chi connectivity index (χ3n) is 3.13. The minimum Gasteiger partial charge on any atom is -0.379 e. The van der Waals surface area contributed by atoms with Crippen LogP contribution >= 0.6 is 22.9 Å². The van der Waals surface area contributed by atoms with E-state index in [1.807, 2.05) is 0 Å². The highest BCUT2D eigenvalue weighted by Crippen LogP contribution is 2.33. The molecule has 1 N–H and O–H groups in total. The van der Waals surface area contributed by atoms with E-state index in [4.69, 9.17) is 16.3 Å². The molecule has 0 unspecified atom stereocenters. The van der Waals surface area contributed by atoms with E-state index in [-0.39, 0.29) is 20.8 Å². The zero-order valence-electron chi connectivity index (χ0n) is 11.3. The van der Waals surface area contributed by atoms with Gasteiger partial charge in [0.15, 0.2) is 4.34 Å². The summed E-state index contributed by atoms with van der Waals surface area (Å²) in [4.78, 5) is 24.5. The molecule has 1 aliphatic heterocycles. The molecular formula is C12H16ClN3O4S. The van der Waals surface area contributed by atoms with Crippen LogP contribution in [0.15, 0.2) is 6.07 Å². The van der Waals surface area contributed by atoms with Crippen molar-refractivity contribution in [3.05, 3.63) is 25.4 Å². The van der Waals surface area contributed by atoms with E-state index in [0.717, 1.165) is 50.6 Å². The lowest BCUT2D eigenvalue weighted by atomic mass is 10.3. The number of amides is 1. The number of nitrogens with one attached hydrogen (secondary N) is 1. The number of hydrogen-bond donors (Lipinski definition) is 1. The summed E-state index contributed by atoms with van der Waals surface area (Å²) in [5.41, 5.74) is -0.222. The molecule has 0 spiro atoms. The highest BCUT2D eigenvalue weighted by atomic mass is 35.5. The Morgan fingerprint density at radius 3 is 2.86 bits per heavy atom. The quantitative estimate of drug-likeness (QED) is 0.487. The third-order valence-corrected chi connectivity index (χ3v) is 4.47. The van der Waals surface area contributed by atoms with E-state index in [2.05, 4.69) is 10.2 Å². The minimum absolute atomic E-state index is 0.0264. The Bertz CT molecular complexity index is 517. The SMILES string of the molecule is O=C(NCCCN1CCOCC1)c1cc([N+](=O)[O-])c(Cl)s1. The fourth-order valence-electron chi connectivity index (χ4n) is 2.01. The summed E-state index contributed by atoms with van der Waals surface area (Å²) in [7, 11) is 0. The molecule has 1 aliphatic rings. The fourth-order valence-corrected chi connectivity index (χ4v) is 3.15. The smallest absolute Gasteiger partial charge is 0.299 e. The average Bonchev–Trinajstić information content (AvgIpc) is 2.87. The topological polar surface area (TPSA) is 84.7 Å². The number of morpholine rings is 1. The number of nitrogens with zero attached hydrogens (tertiary/aromatic N) is 2. The van der Waals surface area contributed by atoms with Gasteiger partial charge in [0.2, 0.25) is 0 Å². The van der Waals surface area contributed by atoms with Crippen molar-refractivity contribution < 1.29 is 14.5 Å². The number of nitro groups is 1. The summed E-state index contributed by atoms with van der Waals surface area (Å²) < 4.78 is 5.28. The first-order valence-corrected chi connectivity index (χ1v) is 7.79. The maximum atomic E-state index is 11.9. The second-order valence-electron chi connectivity index (χ2n) is 4.59. The van der Waals surface area contributed by atoms with Gasteiger partial charge >= 0.3 is 0 Å². The molecule has 116 valence electrons. The molecule has 0 bridgehead atoms. The van der Waals surface area contributed by atoms with Crippen molar-refractivity contribution in [1.29, 1.82) is 0 Å². The fraction of sp³-hybridized carbons (Fsp3) is 0.583. The first-order valence-electron chi connectivity index (χ1n) is 6.60. The van der Waals surface area contributed by atoms with Gasteiger partial charge in [-0.25, -0.2) is 0 Å². The lowest BCUT2D eigenvalue weighted by Crippen LogP contribution is -2.38. The van der Waals surface area contributed by atoms with Crippen molar-refractivity contribution in [1.82, 2.24) is 10.2 Å². The van der Waals surface area contributed by atoms with Crippen molar-refractivity contribution in [3.8, 4) is 0 Å². The van der Waals surface area contributed by atoms with Gasteiger partial charge < -0.3 is 10.1 Å². The van der Waals surface area contributed by atoms with E-state index < -0.39 is 4.92 Å². The Hall–Kier alpha value is -1.22. The predicted molar refractivity (Wildman–Crippen MR) is 80.2 cm³/mol. The van der Waals surface area contributed by atoms with Crippen molar-refractivity contribution in [2.45, 2.75) is 6.42 Å². The predicted octanol–water partition coefficient (Wildman–Crippen LogP) is 1.76. The Labute approximate surface area is 131 Å². The van der Waals surface area contributed by atoms with Crippen molar-refractivity contribution in [2.24, 2.45) is 0 Å². The van der Waals surface area contributed by atoms with Crippen molar-refractivity contribution in [2.75, 3.05) is 39.4 Å². The Morgan fingerprint density at radius 2 is 2.24 bits per heavy atom. The molecule has 9 heteroatoms. The Kier molecular flexibility index (Phi) is 5.92. The van der Waals surface area contributed by atoms with E-state index in [0.29, 0.717) is 6.54 Å². The van der Waals surface area contributed by atoms with Crippen molar-refractivity contribution >= 4 is 34.5 Å². The lowest BCUT2D eigenvalue weighted by Gasteiger charge is -2.26. The lowest BCUT2D eigenvalue weighted by molar-refractivity contribution is -0.384. The maximum absolute atomic E-state index is 11.9. The minimum atomic E-state index is -0.589. The van der Waals surface area contributed by atoms with Crippen LogP contribution in [0.4, 0.5) is 5.69 Å². The van der Waals surface area contributed by atoms with Gasteiger partial charge in [-0.3, -0.25) is 19.8 Å². The average molecular weight is 334 g/mol. The second kappa shape index (κ2) is 7.69. The van der Waals surface area contributed by atoms with E-state index in [9.17, 15) is 14.9 Å². The summed E-state index contributed by atoms with van der Waals surface area (Å²) in [6.07, 6.45) is 0.826. The first kappa shape index (κ1) is 16.2.